The Labute approximate surface area is 175 Å². The predicted molar refractivity (Wildman–Crippen MR) is 108 cm³/mol. The summed E-state index contributed by atoms with van der Waals surface area (Å²) in [6, 6.07) is 10.5. The first-order valence-corrected chi connectivity index (χ1v) is 9.92. The van der Waals surface area contributed by atoms with Crippen molar-refractivity contribution in [1.29, 1.82) is 0 Å². The molecule has 0 aliphatic rings. The Morgan fingerprint density at radius 3 is 2.26 bits per heavy atom. The van der Waals surface area contributed by atoms with Crippen molar-refractivity contribution in [2.24, 2.45) is 11.8 Å². The maximum atomic E-state index is 6.55. The molecule has 4 heteroatoms. The Kier molecular flexibility index (Phi) is 9.86. The first kappa shape index (κ1) is 23.5. The summed E-state index contributed by atoms with van der Waals surface area (Å²) in [5, 5.41) is 0. The standard InChI is InChI=1S/C23H35N2O.BrH/c1-7-8-14-24-15-16-25(17-24)23(21-12-10-9-11-13-21)26-20(6)22(18(2)3)19(4)5;/h9-13,15-19,23H,7-8,14H2,1-6H3;1H/q+1;/p-1. The van der Waals surface area contributed by atoms with Crippen LogP contribution >= 0.6 is 0 Å². The molecule has 27 heavy (non-hydrogen) atoms. The van der Waals surface area contributed by atoms with Gasteiger partial charge in [-0.05, 0) is 30.8 Å². The van der Waals surface area contributed by atoms with Crippen LogP contribution in [-0.4, -0.2) is 4.57 Å². The van der Waals surface area contributed by atoms with Gasteiger partial charge in [0.1, 0.15) is 12.4 Å². The number of unbranched alkanes of at least 4 members (excludes halogenated alkanes) is 1. The molecule has 1 aromatic heterocycles. The molecule has 0 bridgehead atoms. The number of benzene rings is 1. The highest BCUT2D eigenvalue weighted by Gasteiger charge is 2.23. The van der Waals surface area contributed by atoms with Crippen LogP contribution in [0.1, 0.15) is 66.2 Å². The third-order valence-corrected chi connectivity index (χ3v) is 4.78. The summed E-state index contributed by atoms with van der Waals surface area (Å²) in [4.78, 5) is 0. The van der Waals surface area contributed by atoms with Crippen molar-refractivity contribution in [2.45, 2.75) is 67.2 Å². The van der Waals surface area contributed by atoms with Gasteiger partial charge in [0.15, 0.2) is 0 Å². The van der Waals surface area contributed by atoms with E-state index in [1.54, 1.807) is 0 Å². The highest BCUT2D eigenvalue weighted by atomic mass is 79.9. The minimum atomic E-state index is -0.147. The van der Waals surface area contributed by atoms with Crippen LogP contribution in [-0.2, 0) is 11.3 Å². The van der Waals surface area contributed by atoms with E-state index in [-0.39, 0.29) is 23.2 Å². The number of ether oxygens (including phenoxy) is 1. The highest BCUT2D eigenvalue weighted by Crippen LogP contribution is 2.29. The molecule has 1 unspecified atom stereocenters. The Hall–Kier alpha value is -1.55. The average molecular weight is 435 g/mol. The number of aryl methyl sites for hydroxylation is 1. The van der Waals surface area contributed by atoms with E-state index in [0.29, 0.717) is 11.8 Å². The zero-order valence-corrected chi connectivity index (χ0v) is 19.2. The summed E-state index contributed by atoms with van der Waals surface area (Å²) in [5.74, 6) is 1.99. The minimum absolute atomic E-state index is 0. The zero-order valence-electron chi connectivity index (χ0n) is 17.7. The fourth-order valence-electron chi connectivity index (χ4n) is 3.66. The Balaban J connectivity index is 0.00000364. The van der Waals surface area contributed by atoms with Gasteiger partial charge < -0.3 is 21.7 Å². The summed E-state index contributed by atoms with van der Waals surface area (Å²) >= 11 is 0. The Morgan fingerprint density at radius 2 is 1.70 bits per heavy atom. The Morgan fingerprint density at radius 1 is 1.07 bits per heavy atom. The third-order valence-electron chi connectivity index (χ3n) is 4.78. The van der Waals surface area contributed by atoms with Crippen molar-refractivity contribution in [2.75, 3.05) is 0 Å². The van der Waals surface area contributed by atoms with Gasteiger partial charge in [0.05, 0.1) is 12.3 Å². The van der Waals surface area contributed by atoms with E-state index in [2.05, 4.69) is 93.7 Å². The monoisotopic (exact) mass is 434 g/mol. The number of rotatable bonds is 9. The molecule has 1 heterocycles. The number of aromatic nitrogens is 2. The molecule has 1 aromatic carbocycles. The van der Waals surface area contributed by atoms with Gasteiger partial charge in [0.2, 0.25) is 6.33 Å². The van der Waals surface area contributed by atoms with E-state index in [1.807, 2.05) is 6.07 Å². The van der Waals surface area contributed by atoms with E-state index >= 15 is 0 Å². The van der Waals surface area contributed by atoms with Gasteiger partial charge >= 0.3 is 0 Å². The lowest BCUT2D eigenvalue weighted by Gasteiger charge is -2.23. The predicted octanol–water partition coefficient (Wildman–Crippen LogP) is 2.73. The molecule has 1 atom stereocenters. The van der Waals surface area contributed by atoms with Gasteiger partial charge in [-0.2, -0.15) is 4.57 Å². The van der Waals surface area contributed by atoms with Crippen molar-refractivity contribution in [1.82, 2.24) is 4.57 Å². The van der Waals surface area contributed by atoms with Crippen LogP contribution < -0.4 is 21.5 Å². The number of hydrogen-bond donors (Lipinski definition) is 0. The number of imidazole rings is 1. The second kappa shape index (κ2) is 11.3. The molecule has 0 amide bonds. The lowest BCUT2D eigenvalue weighted by atomic mass is 9.91. The SMILES string of the molecule is CCCC[n+]1ccn(C(OC(C)=C(C(C)C)C(C)C)c2ccccc2)c1.[Br-]. The van der Waals surface area contributed by atoms with Crippen molar-refractivity contribution >= 4 is 0 Å². The number of hydrogen-bond acceptors (Lipinski definition) is 1. The van der Waals surface area contributed by atoms with Gasteiger partial charge in [-0.25, -0.2) is 4.57 Å². The van der Waals surface area contributed by atoms with Crippen molar-refractivity contribution in [3.63, 3.8) is 0 Å². The van der Waals surface area contributed by atoms with Crippen LogP contribution in [0.4, 0.5) is 0 Å². The number of halogens is 1. The normalized spacial score (nSPS) is 12.0. The lowest BCUT2D eigenvalue weighted by molar-refractivity contribution is -0.697. The molecule has 150 valence electrons. The fraction of sp³-hybridized carbons (Fsp3) is 0.522. The van der Waals surface area contributed by atoms with Crippen LogP contribution in [0.25, 0.3) is 0 Å². The van der Waals surface area contributed by atoms with Crippen molar-refractivity contribution < 1.29 is 26.3 Å². The van der Waals surface area contributed by atoms with Crippen molar-refractivity contribution in [3.05, 3.63) is 65.9 Å². The number of nitrogens with zero attached hydrogens (tertiary/aromatic N) is 2. The lowest BCUT2D eigenvalue weighted by Crippen LogP contribution is -3.00. The largest absolute Gasteiger partial charge is 1.00 e. The Bertz CT molecular complexity index is 694. The van der Waals surface area contributed by atoms with E-state index in [1.165, 1.54) is 18.4 Å². The fourth-order valence-corrected chi connectivity index (χ4v) is 3.66. The average Bonchev–Trinajstić information content (AvgIpc) is 3.06. The van der Waals surface area contributed by atoms with Crippen LogP contribution in [0.5, 0.6) is 0 Å². The summed E-state index contributed by atoms with van der Waals surface area (Å²) in [6.45, 7) is 14.4. The van der Waals surface area contributed by atoms with Gasteiger partial charge in [-0.3, -0.25) is 0 Å². The molecule has 0 fully saturated rings. The van der Waals surface area contributed by atoms with Crippen molar-refractivity contribution in [3.8, 4) is 0 Å². The van der Waals surface area contributed by atoms with Crippen LogP contribution in [0.2, 0.25) is 0 Å². The van der Waals surface area contributed by atoms with Crippen LogP contribution in [0, 0.1) is 11.8 Å². The maximum Gasteiger partial charge on any atom is 0.268 e. The summed E-state index contributed by atoms with van der Waals surface area (Å²) < 4.78 is 11.0. The second-order valence-electron chi connectivity index (χ2n) is 7.65. The highest BCUT2D eigenvalue weighted by molar-refractivity contribution is 5.20. The molecule has 0 N–H and O–H groups in total. The second-order valence-corrected chi connectivity index (χ2v) is 7.65. The minimum Gasteiger partial charge on any atom is -1.00 e. The molecule has 3 nitrogen and oxygen atoms in total. The summed E-state index contributed by atoms with van der Waals surface area (Å²) in [7, 11) is 0. The van der Waals surface area contributed by atoms with E-state index in [9.17, 15) is 0 Å². The molecule has 2 rings (SSSR count). The maximum absolute atomic E-state index is 6.55. The van der Waals surface area contributed by atoms with Gasteiger partial charge in [0, 0.05) is 5.56 Å². The van der Waals surface area contributed by atoms with Gasteiger partial charge in [-0.1, -0.05) is 71.4 Å². The topological polar surface area (TPSA) is 18.0 Å². The molecule has 0 aliphatic carbocycles. The van der Waals surface area contributed by atoms with Crippen LogP contribution in [0.3, 0.4) is 0 Å². The van der Waals surface area contributed by atoms with E-state index in [4.69, 9.17) is 4.74 Å². The van der Waals surface area contributed by atoms with Crippen LogP contribution in [0.15, 0.2) is 60.4 Å². The number of allylic oxidation sites excluding steroid dienone is 2. The van der Waals surface area contributed by atoms with Gasteiger partial charge in [0.25, 0.3) is 6.23 Å². The molecule has 0 saturated carbocycles. The summed E-state index contributed by atoms with van der Waals surface area (Å²) in [5.41, 5.74) is 2.55. The third kappa shape index (κ3) is 6.53. The molecule has 0 saturated heterocycles. The quantitative estimate of drug-likeness (QED) is 0.438. The molecule has 0 spiro atoms. The molecular weight excluding hydrogens is 400 g/mol. The van der Waals surface area contributed by atoms with E-state index in [0.717, 1.165) is 17.9 Å². The first-order chi connectivity index (χ1) is 12.4. The smallest absolute Gasteiger partial charge is 0.268 e. The van der Waals surface area contributed by atoms with Gasteiger partial charge in [-0.15, -0.1) is 0 Å². The summed E-state index contributed by atoms with van der Waals surface area (Å²) in [6.07, 6.45) is 8.65. The molecule has 0 radical (unpaired) electrons. The molecular formula is C23H35BrN2O. The molecule has 0 aliphatic heterocycles. The van der Waals surface area contributed by atoms with E-state index < -0.39 is 0 Å². The zero-order chi connectivity index (χ0) is 19.1. The molecule has 2 aromatic rings. The first-order valence-electron chi connectivity index (χ1n) is 9.92.